The van der Waals surface area contributed by atoms with Crippen LogP contribution in [0.25, 0.3) is 0 Å². The highest BCUT2D eigenvalue weighted by Crippen LogP contribution is 2.00. The van der Waals surface area contributed by atoms with Crippen LogP contribution >= 0.6 is 0 Å². The fourth-order valence-electron chi connectivity index (χ4n) is 1.12. The van der Waals surface area contributed by atoms with Gasteiger partial charge in [-0.2, -0.15) is 0 Å². The maximum atomic E-state index is 11.7. The third-order valence-corrected chi connectivity index (χ3v) is 1.73. The SMILES string of the molecule is CC(NC(=O)NC(C)(C)C)C(=O)NC(C)(C)C. The third kappa shape index (κ3) is 8.54. The Kier molecular flexibility index (Phi) is 4.98. The summed E-state index contributed by atoms with van der Waals surface area (Å²) in [5, 5.41) is 8.14. The Morgan fingerprint density at radius 2 is 1.29 bits per heavy atom. The van der Waals surface area contributed by atoms with E-state index in [2.05, 4.69) is 16.0 Å². The quantitative estimate of drug-likeness (QED) is 0.686. The second-order valence-electron chi connectivity index (χ2n) is 6.31. The van der Waals surface area contributed by atoms with Crippen LogP contribution in [0, 0.1) is 0 Å². The van der Waals surface area contributed by atoms with Gasteiger partial charge in [0.1, 0.15) is 6.04 Å². The van der Waals surface area contributed by atoms with Gasteiger partial charge in [-0.3, -0.25) is 4.79 Å². The molecule has 0 saturated carbocycles. The maximum absolute atomic E-state index is 11.7. The van der Waals surface area contributed by atoms with Crippen LogP contribution in [0.1, 0.15) is 48.5 Å². The summed E-state index contributed by atoms with van der Waals surface area (Å²) in [5.74, 6) is -0.193. The molecule has 0 aromatic rings. The van der Waals surface area contributed by atoms with Crippen molar-refractivity contribution < 1.29 is 9.59 Å². The van der Waals surface area contributed by atoms with Gasteiger partial charge in [0, 0.05) is 11.1 Å². The summed E-state index contributed by atoms with van der Waals surface area (Å²) >= 11 is 0. The molecule has 0 spiro atoms. The summed E-state index contributed by atoms with van der Waals surface area (Å²) in [5.41, 5.74) is -0.613. The largest absolute Gasteiger partial charge is 0.350 e. The topological polar surface area (TPSA) is 70.2 Å². The molecular weight excluding hydrogens is 218 g/mol. The number of amides is 3. The molecule has 0 aliphatic carbocycles. The van der Waals surface area contributed by atoms with E-state index in [9.17, 15) is 9.59 Å². The smallest absolute Gasteiger partial charge is 0.315 e. The normalized spacial score (nSPS) is 13.8. The number of carbonyl (C=O) groups excluding carboxylic acids is 2. The van der Waals surface area contributed by atoms with E-state index < -0.39 is 6.04 Å². The Labute approximate surface area is 104 Å². The lowest BCUT2D eigenvalue weighted by Gasteiger charge is -2.25. The van der Waals surface area contributed by atoms with Gasteiger partial charge in [-0.1, -0.05) is 0 Å². The summed E-state index contributed by atoms with van der Waals surface area (Å²) in [6, 6.07) is -0.898. The summed E-state index contributed by atoms with van der Waals surface area (Å²) in [4.78, 5) is 23.2. The monoisotopic (exact) mass is 243 g/mol. The molecule has 0 aromatic carbocycles. The van der Waals surface area contributed by atoms with Crippen LogP contribution in [0.5, 0.6) is 0 Å². The lowest BCUT2D eigenvalue weighted by atomic mass is 10.1. The van der Waals surface area contributed by atoms with Gasteiger partial charge in [0.2, 0.25) is 5.91 Å². The minimum Gasteiger partial charge on any atom is -0.350 e. The fourth-order valence-corrected chi connectivity index (χ4v) is 1.12. The number of hydrogen-bond acceptors (Lipinski definition) is 2. The van der Waals surface area contributed by atoms with Crippen LogP contribution in [0.4, 0.5) is 4.79 Å². The number of hydrogen-bond donors (Lipinski definition) is 3. The predicted octanol–water partition coefficient (Wildman–Crippen LogP) is 1.39. The van der Waals surface area contributed by atoms with Gasteiger partial charge < -0.3 is 16.0 Å². The molecule has 0 bridgehead atoms. The van der Waals surface area contributed by atoms with E-state index in [4.69, 9.17) is 0 Å². The van der Waals surface area contributed by atoms with Crippen LogP contribution in [0.3, 0.4) is 0 Å². The van der Waals surface area contributed by atoms with Gasteiger partial charge >= 0.3 is 6.03 Å². The van der Waals surface area contributed by atoms with Crippen LogP contribution in [-0.4, -0.2) is 29.1 Å². The molecule has 5 heteroatoms. The first-order chi connectivity index (χ1) is 7.41. The minimum absolute atomic E-state index is 0.193. The van der Waals surface area contributed by atoms with E-state index in [0.717, 1.165) is 0 Å². The molecule has 0 aromatic heterocycles. The van der Waals surface area contributed by atoms with Crippen LogP contribution in [-0.2, 0) is 4.79 Å². The van der Waals surface area contributed by atoms with E-state index in [1.54, 1.807) is 6.92 Å². The first kappa shape index (κ1) is 15.7. The van der Waals surface area contributed by atoms with Crippen molar-refractivity contribution >= 4 is 11.9 Å². The molecule has 0 radical (unpaired) electrons. The van der Waals surface area contributed by atoms with Crippen molar-refractivity contribution in [2.45, 2.75) is 65.6 Å². The molecule has 0 aliphatic rings. The van der Waals surface area contributed by atoms with E-state index in [0.29, 0.717) is 0 Å². The van der Waals surface area contributed by atoms with Gasteiger partial charge in [0.25, 0.3) is 0 Å². The Morgan fingerprint density at radius 1 is 0.882 bits per heavy atom. The first-order valence-electron chi connectivity index (χ1n) is 5.81. The van der Waals surface area contributed by atoms with Crippen molar-refractivity contribution in [1.29, 1.82) is 0 Å². The molecule has 0 saturated heterocycles. The van der Waals surface area contributed by atoms with E-state index in [-0.39, 0.29) is 23.0 Å². The summed E-state index contributed by atoms with van der Waals surface area (Å²) in [7, 11) is 0. The van der Waals surface area contributed by atoms with Crippen LogP contribution in [0.15, 0.2) is 0 Å². The zero-order valence-corrected chi connectivity index (χ0v) is 11.9. The summed E-state index contributed by atoms with van der Waals surface area (Å²) < 4.78 is 0. The lowest BCUT2D eigenvalue weighted by molar-refractivity contribution is -0.123. The number of nitrogens with one attached hydrogen (secondary N) is 3. The van der Waals surface area contributed by atoms with E-state index >= 15 is 0 Å². The highest BCUT2D eigenvalue weighted by Gasteiger charge is 2.22. The van der Waals surface area contributed by atoms with Gasteiger partial charge in [-0.15, -0.1) is 0 Å². The molecule has 5 nitrogen and oxygen atoms in total. The Balaban J connectivity index is 4.22. The molecule has 100 valence electrons. The van der Waals surface area contributed by atoms with Gasteiger partial charge in [-0.25, -0.2) is 4.79 Å². The number of urea groups is 1. The molecule has 0 rings (SSSR count). The molecule has 0 aliphatic heterocycles. The predicted molar refractivity (Wildman–Crippen MR) is 68.8 cm³/mol. The van der Waals surface area contributed by atoms with Crippen LogP contribution in [0.2, 0.25) is 0 Å². The summed E-state index contributed by atoms with van der Waals surface area (Å²) in [6.07, 6.45) is 0. The van der Waals surface area contributed by atoms with Gasteiger partial charge in [-0.05, 0) is 48.5 Å². The molecule has 3 N–H and O–H groups in total. The zero-order chi connectivity index (χ0) is 13.9. The molecule has 1 atom stereocenters. The first-order valence-corrected chi connectivity index (χ1v) is 5.81. The van der Waals surface area contributed by atoms with Crippen molar-refractivity contribution in [3.63, 3.8) is 0 Å². The second-order valence-corrected chi connectivity index (χ2v) is 6.31. The Morgan fingerprint density at radius 3 is 1.65 bits per heavy atom. The average molecular weight is 243 g/mol. The minimum atomic E-state index is -0.559. The molecule has 3 amide bonds. The molecule has 0 heterocycles. The number of carbonyl (C=O) groups is 2. The van der Waals surface area contributed by atoms with Crippen molar-refractivity contribution in [1.82, 2.24) is 16.0 Å². The van der Waals surface area contributed by atoms with E-state index in [1.165, 1.54) is 0 Å². The fraction of sp³-hybridized carbons (Fsp3) is 0.833. The van der Waals surface area contributed by atoms with Crippen molar-refractivity contribution in [2.75, 3.05) is 0 Å². The van der Waals surface area contributed by atoms with Crippen molar-refractivity contribution in [3.05, 3.63) is 0 Å². The molecule has 17 heavy (non-hydrogen) atoms. The molecule has 1 unspecified atom stereocenters. The molecule has 0 fully saturated rings. The van der Waals surface area contributed by atoms with Gasteiger partial charge in [0.05, 0.1) is 0 Å². The molecular formula is C12H25N3O2. The van der Waals surface area contributed by atoms with Crippen molar-refractivity contribution in [3.8, 4) is 0 Å². The number of rotatable bonds is 2. The lowest BCUT2D eigenvalue weighted by Crippen LogP contribution is -2.55. The second kappa shape index (κ2) is 5.38. The van der Waals surface area contributed by atoms with Gasteiger partial charge in [0.15, 0.2) is 0 Å². The summed E-state index contributed by atoms with van der Waals surface area (Å²) in [6.45, 7) is 13.0. The third-order valence-electron chi connectivity index (χ3n) is 1.73. The van der Waals surface area contributed by atoms with Crippen molar-refractivity contribution in [2.24, 2.45) is 0 Å². The maximum Gasteiger partial charge on any atom is 0.315 e. The average Bonchev–Trinajstić information content (AvgIpc) is 1.95. The standard InChI is InChI=1S/C12H25N3O2/c1-8(9(16)14-11(2,3)4)13-10(17)15-12(5,6)7/h8H,1-7H3,(H,14,16)(H2,13,15,17). The highest BCUT2D eigenvalue weighted by atomic mass is 16.2. The van der Waals surface area contributed by atoms with Crippen LogP contribution < -0.4 is 16.0 Å². The zero-order valence-electron chi connectivity index (χ0n) is 11.9. The Hall–Kier alpha value is -1.26. The van der Waals surface area contributed by atoms with E-state index in [1.807, 2.05) is 41.5 Å². The highest BCUT2D eigenvalue weighted by molar-refractivity contribution is 5.87. The Bertz CT molecular complexity index is 287.